The van der Waals surface area contributed by atoms with Crippen LogP contribution in [0.1, 0.15) is 45.2 Å². The van der Waals surface area contributed by atoms with Crippen LogP contribution in [0.5, 0.6) is 0 Å². The second-order valence-electron chi connectivity index (χ2n) is 7.29. The first-order valence-electron chi connectivity index (χ1n) is 9.19. The van der Waals surface area contributed by atoms with Crippen LogP contribution >= 0.6 is 0 Å². The number of hydrogen-bond acceptors (Lipinski definition) is 4. The maximum Gasteiger partial charge on any atom is 0.322 e. The van der Waals surface area contributed by atoms with E-state index in [2.05, 4.69) is 10.1 Å². The van der Waals surface area contributed by atoms with Crippen molar-refractivity contribution in [2.24, 2.45) is 5.92 Å². The average Bonchev–Trinajstić information content (AvgIpc) is 3.04. The molecular weight excluding hydrogens is 349 g/mol. The molecule has 8 heteroatoms. The zero-order valence-corrected chi connectivity index (χ0v) is 16.1. The maximum atomic E-state index is 13.1. The monoisotopic (exact) mass is 375 g/mol. The van der Waals surface area contributed by atoms with Gasteiger partial charge in [0.05, 0.1) is 18.4 Å². The fourth-order valence-corrected chi connectivity index (χ4v) is 3.80. The topological polar surface area (TPSA) is 74.5 Å². The Hall–Kier alpha value is -2.48. The molecule has 1 N–H and O–H groups in total. The Bertz CT molecular complexity index is 805. The molecule has 3 atom stereocenters. The van der Waals surface area contributed by atoms with Crippen LogP contribution < -0.4 is 0 Å². The van der Waals surface area contributed by atoms with Gasteiger partial charge in [0, 0.05) is 25.7 Å². The van der Waals surface area contributed by atoms with Crippen LogP contribution in [-0.4, -0.2) is 55.0 Å². The summed E-state index contributed by atoms with van der Waals surface area (Å²) in [5, 5.41) is 15.1. The largest absolute Gasteiger partial charge is 0.371 e. The molecule has 7 nitrogen and oxygen atoms in total. The number of aromatic nitrogens is 3. The summed E-state index contributed by atoms with van der Waals surface area (Å²) < 4.78 is 14.5. The average molecular weight is 375 g/mol. The number of carbonyl (C=O) groups excluding carboxylic acids is 1. The first kappa shape index (κ1) is 19.3. The summed E-state index contributed by atoms with van der Waals surface area (Å²) in [6, 6.07) is 2.96. The molecule has 146 valence electrons. The Morgan fingerprint density at radius 1 is 1.41 bits per heavy atom. The van der Waals surface area contributed by atoms with Gasteiger partial charge in [-0.3, -0.25) is 4.90 Å². The predicted molar refractivity (Wildman–Crippen MR) is 98.6 cm³/mol. The molecule has 2 unspecified atom stereocenters. The molecule has 2 aromatic rings. The highest BCUT2D eigenvalue weighted by molar-refractivity contribution is 5.75. The summed E-state index contributed by atoms with van der Waals surface area (Å²) in [5.41, 5.74) is -0.482. The fourth-order valence-electron chi connectivity index (χ4n) is 3.80. The van der Waals surface area contributed by atoms with Gasteiger partial charge >= 0.3 is 6.03 Å². The van der Waals surface area contributed by atoms with Crippen LogP contribution in [-0.2, 0) is 0 Å². The molecule has 0 radical (unpaired) electrons. The van der Waals surface area contributed by atoms with Crippen molar-refractivity contribution in [2.75, 3.05) is 13.6 Å². The van der Waals surface area contributed by atoms with Crippen molar-refractivity contribution < 1.29 is 14.3 Å². The van der Waals surface area contributed by atoms with Gasteiger partial charge in [-0.15, -0.1) is 0 Å². The van der Waals surface area contributed by atoms with E-state index in [0.29, 0.717) is 12.4 Å². The molecule has 3 heterocycles. The number of carbonyl (C=O) groups is 1. The molecule has 1 saturated heterocycles. The highest BCUT2D eigenvalue weighted by Gasteiger charge is 2.45. The minimum absolute atomic E-state index is 0.0202. The first-order valence-corrected chi connectivity index (χ1v) is 9.19. The van der Waals surface area contributed by atoms with Gasteiger partial charge in [-0.25, -0.2) is 18.9 Å². The minimum atomic E-state index is -1.26. The van der Waals surface area contributed by atoms with Gasteiger partial charge in [0.1, 0.15) is 5.72 Å². The number of aliphatic hydroxyl groups is 1. The molecule has 0 spiro atoms. The lowest BCUT2D eigenvalue weighted by molar-refractivity contribution is -0.124. The molecule has 2 amide bonds. The Balaban J connectivity index is 1.92. The van der Waals surface area contributed by atoms with Gasteiger partial charge in [0.15, 0.2) is 11.6 Å². The molecule has 1 aliphatic heterocycles. The lowest BCUT2D eigenvalue weighted by atomic mass is 9.89. The molecule has 27 heavy (non-hydrogen) atoms. The molecule has 0 saturated carbocycles. The quantitative estimate of drug-likeness (QED) is 0.892. The van der Waals surface area contributed by atoms with Gasteiger partial charge in [-0.2, -0.15) is 5.10 Å². The van der Waals surface area contributed by atoms with Crippen LogP contribution in [0.4, 0.5) is 9.18 Å². The van der Waals surface area contributed by atoms with Crippen molar-refractivity contribution >= 4 is 6.03 Å². The zero-order chi connectivity index (χ0) is 19.8. The molecule has 2 aromatic heterocycles. The number of amides is 2. The van der Waals surface area contributed by atoms with E-state index in [0.717, 1.165) is 24.6 Å². The van der Waals surface area contributed by atoms with E-state index in [4.69, 9.17) is 0 Å². The Labute approximate surface area is 158 Å². The lowest BCUT2D eigenvalue weighted by Gasteiger charge is -2.44. The Morgan fingerprint density at radius 2 is 2.15 bits per heavy atom. The van der Waals surface area contributed by atoms with Crippen LogP contribution in [0.2, 0.25) is 0 Å². The van der Waals surface area contributed by atoms with Crippen molar-refractivity contribution in [3.63, 3.8) is 0 Å². The third-order valence-electron chi connectivity index (χ3n) is 5.53. The van der Waals surface area contributed by atoms with Crippen LogP contribution in [0, 0.1) is 11.7 Å². The molecule has 3 rings (SSSR count). The van der Waals surface area contributed by atoms with Crippen LogP contribution in [0.15, 0.2) is 30.7 Å². The number of hydrogen-bond donors (Lipinski definition) is 1. The second kappa shape index (κ2) is 7.26. The van der Waals surface area contributed by atoms with Crippen molar-refractivity contribution in [1.82, 2.24) is 24.6 Å². The van der Waals surface area contributed by atoms with E-state index < -0.39 is 11.5 Å². The minimum Gasteiger partial charge on any atom is -0.371 e. The molecule has 0 aromatic carbocycles. The van der Waals surface area contributed by atoms with E-state index in [1.807, 2.05) is 19.9 Å². The highest BCUT2D eigenvalue weighted by Crippen LogP contribution is 2.37. The molecule has 0 aliphatic carbocycles. The molecule has 1 aliphatic rings. The first-order chi connectivity index (χ1) is 12.8. The van der Waals surface area contributed by atoms with E-state index in [-0.39, 0.29) is 18.0 Å². The molecular formula is C19H26FN5O2. The number of halogens is 1. The summed E-state index contributed by atoms with van der Waals surface area (Å²) in [6.45, 7) is 6.22. The third-order valence-corrected chi connectivity index (χ3v) is 5.53. The van der Waals surface area contributed by atoms with Gasteiger partial charge in [0.2, 0.25) is 0 Å². The number of urea groups is 1. The highest BCUT2D eigenvalue weighted by atomic mass is 19.1. The van der Waals surface area contributed by atoms with E-state index in [1.165, 1.54) is 10.9 Å². The summed E-state index contributed by atoms with van der Waals surface area (Å²) in [5.74, 6) is 0.0228. The van der Waals surface area contributed by atoms with Gasteiger partial charge in [-0.1, -0.05) is 13.0 Å². The predicted octanol–water partition coefficient (Wildman–Crippen LogP) is 2.96. The Kier molecular flexibility index (Phi) is 5.19. The van der Waals surface area contributed by atoms with Gasteiger partial charge in [0.25, 0.3) is 0 Å². The summed E-state index contributed by atoms with van der Waals surface area (Å²) in [4.78, 5) is 20.5. The second-order valence-corrected chi connectivity index (χ2v) is 7.29. The smallest absolute Gasteiger partial charge is 0.322 e. The summed E-state index contributed by atoms with van der Waals surface area (Å²) in [7, 11) is 1.75. The standard InChI is InChI=1S/C19H26FN5O2/c1-5-15-8-9-23(4)18(26)25(19(15,3)27)13(2)14-6-7-17(21-10-14)24-12-16(20)11-22-24/h6-7,10-13,15,27H,5,8-9H2,1-4H3/t13-,15?,19?/m0/s1. The summed E-state index contributed by atoms with van der Waals surface area (Å²) in [6.07, 6.45) is 5.52. The van der Waals surface area contributed by atoms with Crippen molar-refractivity contribution in [2.45, 2.75) is 45.4 Å². The summed E-state index contributed by atoms with van der Waals surface area (Å²) >= 11 is 0. The third kappa shape index (κ3) is 3.53. The van der Waals surface area contributed by atoms with Crippen LogP contribution in [0.3, 0.4) is 0 Å². The number of pyridine rings is 1. The van der Waals surface area contributed by atoms with Gasteiger partial charge < -0.3 is 10.0 Å². The van der Waals surface area contributed by atoms with Crippen molar-refractivity contribution in [1.29, 1.82) is 0 Å². The SMILES string of the molecule is CCC1CCN(C)C(=O)N([C@@H](C)c2ccc(-n3cc(F)cn3)nc2)C1(C)O. The Morgan fingerprint density at radius 3 is 2.70 bits per heavy atom. The molecule has 1 fully saturated rings. The zero-order valence-electron chi connectivity index (χ0n) is 16.1. The maximum absolute atomic E-state index is 13.1. The van der Waals surface area contributed by atoms with Crippen molar-refractivity contribution in [3.8, 4) is 5.82 Å². The lowest BCUT2D eigenvalue weighted by Crippen LogP contribution is -2.55. The van der Waals surface area contributed by atoms with Gasteiger partial charge in [-0.05, 0) is 38.3 Å². The van der Waals surface area contributed by atoms with E-state index in [1.54, 1.807) is 36.0 Å². The normalized spacial score (nSPS) is 24.8. The molecule has 0 bridgehead atoms. The van der Waals surface area contributed by atoms with Crippen molar-refractivity contribution in [3.05, 3.63) is 42.1 Å². The number of nitrogens with zero attached hydrogens (tertiary/aromatic N) is 5. The fraction of sp³-hybridized carbons (Fsp3) is 0.526. The van der Waals surface area contributed by atoms with E-state index in [9.17, 15) is 14.3 Å². The number of rotatable bonds is 4. The van der Waals surface area contributed by atoms with E-state index >= 15 is 0 Å². The van der Waals surface area contributed by atoms with Crippen LogP contribution in [0.25, 0.3) is 5.82 Å².